The van der Waals surface area contributed by atoms with Crippen molar-refractivity contribution in [2.24, 2.45) is 5.92 Å². The first-order valence-electron chi connectivity index (χ1n) is 6.91. The third-order valence-corrected chi connectivity index (χ3v) is 3.45. The zero-order valence-corrected chi connectivity index (χ0v) is 12.6. The van der Waals surface area contributed by atoms with E-state index in [0.29, 0.717) is 5.92 Å². The Kier molecular flexibility index (Phi) is 6.03. The highest BCUT2D eigenvalue weighted by molar-refractivity contribution is 5.98. The molecule has 0 aromatic heterocycles. The van der Waals surface area contributed by atoms with E-state index in [0.717, 1.165) is 29.8 Å². The number of rotatable bonds is 7. The molecule has 1 rings (SSSR count). The van der Waals surface area contributed by atoms with Crippen LogP contribution in [-0.4, -0.2) is 26.5 Å². The number of hydrogen-bond acceptors (Lipinski definition) is 3. The van der Waals surface area contributed by atoms with E-state index >= 15 is 0 Å². The van der Waals surface area contributed by atoms with Crippen LogP contribution in [0.1, 0.15) is 49.0 Å². The van der Waals surface area contributed by atoms with Gasteiger partial charge in [0.2, 0.25) is 0 Å². The van der Waals surface area contributed by atoms with Gasteiger partial charge in [0.1, 0.15) is 5.75 Å². The van der Waals surface area contributed by atoms with E-state index in [9.17, 15) is 4.79 Å². The quantitative estimate of drug-likeness (QED) is 0.767. The smallest absolute Gasteiger partial charge is 0.167 e. The summed E-state index contributed by atoms with van der Waals surface area (Å²) in [6.45, 7) is 6.99. The Morgan fingerprint density at radius 2 is 2.05 bits per heavy atom. The molecular formula is C16H25NO2. The van der Waals surface area contributed by atoms with Crippen molar-refractivity contribution in [2.45, 2.75) is 33.1 Å². The number of carbonyl (C=O) groups excluding carboxylic acids is 1. The summed E-state index contributed by atoms with van der Waals surface area (Å²) in [5.74, 6) is 1.44. The van der Waals surface area contributed by atoms with Crippen LogP contribution in [0.3, 0.4) is 0 Å². The number of carbonyl (C=O) groups is 1. The number of ketones is 1. The fourth-order valence-corrected chi connectivity index (χ4v) is 2.24. The van der Waals surface area contributed by atoms with E-state index in [2.05, 4.69) is 19.2 Å². The first-order valence-corrected chi connectivity index (χ1v) is 6.91. The molecule has 0 aliphatic heterocycles. The standard InChI is InChI=1S/C16H25NO2/c1-6-12(10-17-4)16(18)13-7-8-15(19-5)14(9-13)11(2)3/h7-9,11-12,17H,6,10H2,1-5H3. The zero-order valence-electron chi connectivity index (χ0n) is 12.6. The molecule has 1 aromatic rings. The number of hydrogen-bond donors (Lipinski definition) is 1. The van der Waals surface area contributed by atoms with Gasteiger partial charge in [0.25, 0.3) is 0 Å². The topological polar surface area (TPSA) is 38.3 Å². The minimum atomic E-state index is 0.0402. The van der Waals surface area contributed by atoms with Crippen LogP contribution in [-0.2, 0) is 0 Å². The second kappa shape index (κ2) is 7.29. The van der Waals surface area contributed by atoms with E-state index in [4.69, 9.17) is 4.74 Å². The van der Waals surface area contributed by atoms with Gasteiger partial charge in [0.05, 0.1) is 7.11 Å². The van der Waals surface area contributed by atoms with Crippen LogP contribution >= 0.6 is 0 Å². The van der Waals surface area contributed by atoms with Crippen LogP contribution in [0.25, 0.3) is 0 Å². The molecule has 0 radical (unpaired) electrons. The minimum Gasteiger partial charge on any atom is -0.496 e. The second-order valence-electron chi connectivity index (χ2n) is 5.14. The van der Waals surface area contributed by atoms with Crippen molar-refractivity contribution in [1.29, 1.82) is 0 Å². The maximum Gasteiger partial charge on any atom is 0.167 e. The Bertz CT molecular complexity index is 427. The summed E-state index contributed by atoms with van der Waals surface area (Å²) in [6.07, 6.45) is 0.850. The third kappa shape index (κ3) is 3.80. The molecule has 3 heteroatoms. The normalized spacial score (nSPS) is 12.5. The predicted octanol–water partition coefficient (Wildman–Crippen LogP) is 3.25. The van der Waals surface area contributed by atoms with Crippen LogP contribution in [0.5, 0.6) is 5.75 Å². The summed E-state index contributed by atoms with van der Waals surface area (Å²) in [5, 5.41) is 3.08. The largest absolute Gasteiger partial charge is 0.496 e. The van der Waals surface area contributed by atoms with Crippen LogP contribution in [0.15, 0.2) is 18.2 Å². The molecule has 0 spiro atoms. The highest BCUT2D eigenvalue weighted by Crippen LogP contribution is 2.28. The summed E-state index contributed by atoms with van der Waals surface area (Å²) in [6, 6.07) is 5.74. The number of methoxy groups -OCH3 is 1. The van der Waals surface area contributed by atoms with Gasteiger partial charge < -0.3 is 10.1 Å². The van der Waals surface area contributed by atoms with Crippen molar-refractivity contribution in [3.05, 3.63) is 29.3 Å². The Labute approximate surface area is 116 Å². The number of Topliss-reactive ketones (excluding diaryl/α,β-unsaturated/α-hetero) is 1. The van der Waals surface area contributed by atoms with Crippen molar-refractivity contribution < 1.29 is 9.53 Å². The maximum atomic E-state index is 12.5. The van der Waals surface area contributed by atoms with Crippen molar-refractivity contribution >= 4 is 5.78 Å². The average Bonchev–Trinajstić information content (AvgIpc) is 2.43. The molecular weight excluding hydrogens is 238 g/mol. The molecule has 1 atom stereocenters. The van der Waals surface area contributed by atoms with Gasteiger partial charge in [0.15, 0.2) is 5.78 Å². The summed E-state index contributed by atoms with van der Waals surface area (Å²) in [7, 11) is 3.54. The van der Waals surface area contributed by atoms with Gasteiger partial charge in [0, 0.05) is 18.0 Å². The molecule has 19 heavy (non-hydrogen) atoms. The van der Waals surface area contributed by atoms with Crippen molar-refractivity contribution in [2.75, 3.05) is 20.7 Å². The van der Waals surface area contributed by atoms with Crippen molar-refractivity contribution in [3.8, 4) is 5.75 Å². The van der Waals surface area contributed by atoms with Gasteiger partial charge >= 0.3 is 0 Å². The molecule has 0 fully saturated rings. The van der Waals surface area contributed by atoms with Gasteiger partial charge in [-0.3, -0.25) is 4.79 Å². The third-order valence-electron chi connectivity index (χ3n) is 3.45. The first kappa shape index (κ1) is 15.7. The van der Waals surface area contributed by atoms with Gasteiger partial charge in [-0.25, -0.2) is 0 Å². The molecule has 0 saturated carbocycles. The van der Waals surface area contributed by atoms with Crippen molar-refractivity contribution in [1.82, 2.24) is 5.32 Å². The zero-order chi connectivity index (χ0) is 14.4. The van der Waals surface area contributed by atoms with Crippen LogP contribution < -0.4 is 10.1 Å². The van der Waals surface area contributed by atoms with Gasteiger partial charge in [-0.15, -0.1) is 0 Å². The van der Waals surface area contributed by atoms with E-state index in [1.807, 2.05) is 32.2 Å². The number of benzene rings is 1. The highest BCUT2D eigenvalue weighted by atomic mass is 16.5. The van der Waals surface area contributed by atoms with Gasteiger partial charge in [-0.2, -0.15) is 0 Å². The van der Waals surface area contributed by atoms with Gasteiger partial charge in [-0.1, -0.05) is 20.8 Å². The lowest BCUT2D eigenvalue weighted by molar-refractivity contribution is 0.0916. The molecule has 1 aromatic carbocycles. The van der Waals surface area contributed by atoms with Crippen LogP contribution in [0.4, 0.5) is 0 Å². The molecule has 0 amide bonds. The molecule has 0 aliphatic rings. The Hall–Kier alpha value is -1.35. The Morgan fingerprint density at radius 1 is 1.37 bits per heavy atom. The molecule has 1 N–H and O–H groups in total. The van der Waals surface area contributed by atoms with Crippen molar-refractivity contribution in [3.63, 3.8) is 0 Å². The Balaban J connectivity index is 3.07. The molecule has 0 aliphatic carbocycles. The maximum absolute atomic E-state index is 12.5. The fourth-order valence-electron chi connectivity index (χ4n) is 2.24. The first-order chi connectivity index (χ1) is 9.04. The lowest BCUT2D eigenvalue weighted by Gasteiger charge is -2.16. The van der Waals surface area contributed by atoms with E-state index in [-0.39, 0.29) is 11.7 Å². The average molecular weight is 263 g/mol. The summed E-state index contributed by atoms with van der Waals surface area (Å²) >= 11 is 0. The molecule has 106 valence electrons. The van der Waals surface area contributed by atoms with E-state index in [1.54, 1.807) is 7.11 Å². The monoisotopic (exact) mass is 263 g/mol. The molecule has 1 unspecified atom stereocenters. The number of ether oxygens (including phenoxy) is 1. The Morgan fingerprint density at radius 3 is 2.53 bits per heavy atom. The SMILES string of the molecule is CCC(CNC)C(=O)c1ccc(OC)c(C(C)C)c1. The molecule has 0 bridgehead atoms. The lowest BCUT2D eigenvalue weighted by Crippen LogP contribution is -2.25. The summed E-state index contributed by atoms with van der Waals surface area (Å²) in [5.41, 5.74) is 1.87. The predicted molar refractivity (Wildman–Crippen MR) is 79.1 cm³/mol. The highest BCUT2D eigenvalue weighted by Gasteiger charge is 2.19. The van der Waals surface area contributed by atoms with E-state index in [1.165, 1.54) is 0 Å². The van der Waals surface area contributed by atoms with Crippen LogP contribution in [0, 0.1) is 5.92 Å². The fraction of sp³-hybridized carbons (Fsp3) is 0.562. The van der Waals surface area contributed by atoms with Gasteiger partial charge in [-0.05, 0) is 43.1 Å². The number of nitrogens with one attached hydrogen (secondary N) is 1. The lowest BCUT2D eigenvalue weighted by atomic mass is 9.91. The summed E-state index contributed by atoms with van der Waals surface area (Å²) in [4.78, 5) is 12.5. The van der Waals surface area contributed by atoms with E-state index < -0.39 is 0 Å². The summed E-state index contributed by atoms with van der Waals surface area (Å²) < 4.78 is 5.35. The molecule has 0 heterocycles. The van der Waals surface area contributed by atoms with Crippen LogP contribution in [0.2, 0.25) is 0 Å². The molecule has 3 nitrogen and oxygen atoms in total. The minimum absolute atomic E-state index is 0.0402. The second-order valence-corrected chi connectivity index (χ2v) is 5.14. The molecule has 0 saturated heterocycles.